The number of carbonyl (C=O) groups excluding carboxylic acids is 1. The van der Waals surface area contributed by atoms with Crippen LogP contribution in [-0.4, -0.2) is 15.9 Å². The second-order valence-corrected chi connectivity index (χ2v) is 5.22. The van der Waals surface area contributed by atoms with Gasteiger partial charge in [-0.25, -0.2) is 14.4 Å². The Kier molecular flexibility index (Phi) is 4.47. The lowest BCUT2D eigenvalue weighted by Crippen LogP contribution is -2.14. The Balaban J connectivity index is 1.73. The molecule has 3 rings (SSSR count). The van der Waals surface area contributed by atoms with Gasteiger partial charge in [0, 0.05) is 17.6 Å². The fourth-order valence-corrected chi connectivity index (χ4v) is 2.04. The molecular weight excluding hydrogens is 307 g/mol. The minimum atomic E-state index is -0.330. The van der Waals surface area contributed by atoms with E-state index < -0.39 is 0 Å². The van der Waals surface area contributed by atoms with Crippen LogP contribution in [0, 0.1) is 12.7 Å². The fraction of sp³-hybridized carbons (Fsp3) is 0.0556. The molecule has 0 aliphatic heterocycles. The summed E-state index contributed by atoms with van der Waals surface area (Å²) in [5, 5.41) is 5.71. The topological polar surface area (TPSA) is 66.9 Å². The number of hydrogen-bond acceptors (Lipinski definition) is 4. The summed E-state index contributed by atoms with van der Waals surface area (Å²) < 4.78 is 12.9. The predicted molar refractivity (Wildman–Crippen MR) is 90.8 cm³/mol. The van der Waals surface area contributed by atoms with Gasteiger partial charge >= 0.3 is 0 Å². The van der Waals surface area contributed by atoms with Gasteiger partial charge in [-0.2, -0.15) is 0 Å². The molecule has 1 heterocycles. The molecule has 120 valence electrons. The smallest absolute Gasteiger partial charge is 0.274 e. The Hall–Kier alpha value is -3.28. The van der Waals surface area contributed by atoms with Crippen LogP contribution >= 0.6 is 0 Å². The Morgan fingerprint density at radius 3 is 2.33 bits per heavy atom. The second-order valence-electron chi connectivity index (χ2n) is 5.22. The SMILES string of the molecule is Cc1ccc(NC(=O)c2ccnc(Nc3ccc(F)cc3)n2)cc1. The van der Waals surface area contributed by atoms with Gasteiger partial charge in [0.15, 0.2) is 0 Å². The predicted octanol–water partition coefficient (Wildman–Crippen LogP) is 3.92. The van der Waals surface area contributed by atoms with E-state index in [-0.39, 0.29) is 23.4 Å². The summed E-state index contributed by atoms with van der Waals surface area (Å²) in [4.78, 5) is 20.5. The highest BCUT2D eigenvalue weighted by molar-refractivity contribution is 6.03. The minimum absolute atomic E-state index is 0.232. The van der Waals surface area contributed by atoms with Crippen molar-refractivity contribution in [3.05, 3.63) is 77.9 Å². The van der Waals surface area contributed by atoms with E-state index in [0.29, 0.717) is 11.4 Å². The Bertz CT molecular complexity index is 848. The normalized spacial score (nSPS) is 10.2. The van der Waals surface area contributed by atoms with E-state index in [1.165, 1.54) is 24.4 Å². The first kappa shape index (κ1) is 15.6. The van der Waals surface area contributed by atoms with Crippen LogP contribution < -0.4 is 10.6 Å². The molecule has 1 aromatic heterocycles. The molecule has 24 heavy (non-hydrogen) atoms. The zero-order valence-electron chi connectivity index (χ0n) is 13.0. The molecule has 0 aliphatic rings. The minimum Gasteiger partial charge on any atom is -0.324 e. The molecule has 0 unspecified atom stereocenters. The van der Waals surface area contributed by atoms with E-state index in [4.69, 9.17) is 0 Å². The maximum atomic E-state index is 12.9. The van der Waals surface area contributed by atoms with Crippen molar-refractivity contribution in [3.8, 4) is 0 Å². The van der Waals surface area contributed by atoms with Gasteiger partial charge in [-0.1, -0.05) is 17.7 Å². The van der Waals surface area contributed by atoms with Gasteiger partial charge in [0.1, 0.15) is 11.5 Å². The standard InChI is InChI=1S/C18H15FN4O/c1-12-2-6-14(7-3-12)21-17(24)16-10-11-20-18(23-16)22-15-8-4-13(19)5-9-15/h2-11H,1H3,(H,21,24)(H,20,22,23). The molecule has 3 aromatic rings. The van der Waals surface area contributed by atoms with E-state index in [0.717, 1.165) is 5.56 Å². The fourth-order valence-electron chi connectivity index (χ4n) is 2.04. The lowest BCUT2D eigenvalue weighted by Gasteiger charge is -2.07. The van der Waals surface area contributed by atoms with E-state index in [1.54, 1.807) is 12.1 Å². The summed E-state index contributed by atoms with van der Waals surface area (Å²) in [5.41, 5.74) is 2.67. The Morgan fingerprint density at radius 2 is 1.62 bits per heavy atom. The maximum absolute atomic E-state index is 12.9. The number of aryl methyl sites for hydroxylation is 1. The summed E-state index contributed by atoms with van der Waals surface area (Å²) in [6.45, 7) is 1.98. The van der Waals surface area contributed by atoms with Crippen LogP contribution in [0.3, 0.4) is 0 Å². The number of hydrogen-bond donors (Lipinski definition) is 2. The van der Waals surface area contributed by atoms with Crippen LogP contribution in [0.25, 0.3) is 0 Å². The van der Waals surface area contributed by atoms with Crippen molar-refractivity contribution in [1.29, 1.82) is 0 Å². The largest absolute Gasteiger partial charge is 0.324 e. The van der Waals surface area contributed by atoms with Crippen molar-refractivity contribution in [2.24, 2.45) is 0 Å². The number of benzene rings is 2. The van der Waals surface area contributed by atoms with Gasteiger partial charge in [-0.3, -0.25) is 4.79 Å². The molecule has 6 heteroatoms. The summed E-state index contributed by atoms with van der Waals surface area (Å²) in [7, 11) is 0. The van der Waals surface area contributed by atoms with Gasteiger partial charge in [0.05, 0.1) is 0 Å². The van der Waals surface area contributed by atoms with Gasteiger partial charge < -0.3 is 10.6 Å². The van der Waals surface area contributed by atoms with Gasteiger partial charge in [0.2, 0.25) is 5.95 Å². The van der Waals surface area contributed by atoms with Crippen molar-refractivity contribution >= 4 is 23.2 Å². The van der Waals surface area contributed by atoms with Crippen molar-refractivity contribution in [1.82, 2.24) is 9.97 Å². The maximum Gasteiger partial charge on any atom is 0.274 e. The highest BCUT2D eigenvalue weighted by atomic mass is 19.1. The second kappa shape index (κ2) is 6.87. The molecule has 2 aromatic carbocycles. The number of nitrogens with zero attached hydrogens (tertiary/aromatic N) is 2. The third-order valence-corrected chi connectivity index (χ3v) is 3.30. The van der Waals surface area contributed by atoms with Crippen LogP contribution in [0.5, 0.6) is 0 Å². The molecule has 0 saturated carbocycles. The van der Waals surface area contributed by atoms with Crippen molar-refractivity contribution in [2.75, 3.05) is 10.6 Å². The molecule has 0 spiro atoms. The molecular formula is C18H15FN4O. The molecule has 2 N–H and O–H groups in total. The molecule has 1 amide bonds. The lowest BCUT2D eigenvalue weighted by atomic mass is 10.2. The van der Waals surface area contributed by atoms with E-state index >= 15 is 0 Å². The quantitative estimate of drug-likeness (QED) is 0.764. The van der Waals surface area contributed by atoms with Crippen molar-refractivity contribution in [3.63, 3.8) is 0 Å². The number of rotatable bonds is 4. The van der Waals surface area contributed by atoms with Crippen LogP contribution in [-0.2, 0) is 0 Å². The molecule has 5 nitrogen and oxygen atoms in total. The number of anilines is 3. The number of nitrogens with one attached hydrogen (secondary N) is 2. The molecule has 0 bridgehead atoms. The highest BCUT2D eigenvalue weighted by Crippen LogP contribution is 2.14. The third kappa shape index (κ3) is 3.92. The van der Waals surface area contributed by atoms with Gasteiger partial charge in [0.25, 0.3) is 5.91 Å². The molecule has 0 saturated heterocycles. The zero-order chi connectivity index (χ0) is 16.9. The van der Waals surface area contributed by atoms with E-state index in [1.807, 2.05) is 31.2 Å². The summed E-state index contributed by atoms with van der Waals surface area (Å²) in [5.74, 6) is -0.394. The zero-order valence-corrected chi connectivity index (χ0v) is 13.0. The summed E-state index contributed by atoms with van der Waals surface area (Å²) >= 11 is 0. The average molecular weight is 322 g/mol. The van der Waals surface area contributed by atoms with Gasteiger partial charge in [-0.05, 0) is 49.4 Å². The van der Waals surface area contributed by atoms with Crippen LogP contribution in [0.2, 0.25) is 0 Å². The molecule has 0 fully saturated rings. The van der Waals surface area contributed by atoms with Crippen LogP contribution in [0.4, 0.5) is 21.7 Å². The van der Waals surface area contributed by atoms with Crippen molar-refractivity contribution < 1.29 is 9.18 Å². The molecule has 0 aliphatic carbocycles. The average Bonchev–Trinajstić information content (AvgIpc) is 2.59. The summed E-state index contributed by atoms with van der Waals surface area (Å²) in [6.07, 6.45) is 1.49. The molecule has 0 radical (unpaired) electrons. The van der Waals surface area contributed by atoms with Gasteiger partial charge in [-0.15, -0.1) is 0 Å². The van der Waals surface area contributed by atoms with E-state index in [9.17, 15) is 9.18 Å². The Labute approximate surface area is 138 Å². The third-order valence-electron chi connectivity index (χ3n) is 3.30. The summed E-state index contributed by atoms with van der Waals surface area (Å²) in [6, 6.07) is 14.8. The van der Waals surface area contributed by atoms with Crippen molar-refractivity contribution in [2.45, 2.75) is 6.92 Å². The first-order valence-corrected chi connectivity index (χ1v) is 7.34. The lowest BCUT2D eigenvalue weighted by molar-refractivity contribution is 0.102. The number of carbonyl (C=O) groups is 1. The number of amides is 1. The monoisotopic (exact) mass is 322 g/mol. The van der Waals surface area contributed by atoms with E-state index in [2.05, 4.69) is 20.6 Å². The van der Waals surface area contributed by atoms with Crippen LogP contribution in [0.15, 0.2) is 60.8 Å². The Morgan fingerprint density at radius 1 is 0.958 bits per heavy atom. The molecule has 0 atom stereocenters. The number of aromatic nitrogens is 2. The number of halogens is 1. The van der Waals surface area contributed by atoms with Crippen LogP contribution in [0.1, 0.15) is 16.1 Å². The first-order chi connectivity index (χ1) is 11.6. The first-order valence-electron chi connectivity index (χ1n) is 7.34. The highest BCUT2D eigenvalue weighted by Gasteiger charge is 2.09.